The van der Waals surface area contributed by atoms with Gasteiger partial charge in [-0.1, -0.05) is 17.7 Å². The van der Waals surface area contributed by atoms with E-state index in [9.17, 15) is 4.79 Å². The molecule has 98 valence electrons. The first-order valence-electron chi connectivity index (χ1n) is 6.05. The van der Waals surface area contributed by atoms with Crippen LogP contribution in [0.2, 0.25) is 4.34 Å². The van der Waals surface area contributed by atoms with E-state index in [1.807, 2.05) is 12.1 Å². The van der Waals surface area contributed by atoms with Gasteiger partial charge in [0.2, 0.25) is 5.91 Å². The molecular formula is C13H17ClN2OS. The summed E-state index contributed by atoms with van der Waals surface area (Å²) in [7, 11) is 0. The Bertz CT molecular complexity index is 428. The summed E-state index contributed by atoms with van der Waals surface area (Å²) in [6.45, 7) is 5.29. The standard InChI is InChI=1S/C13H17ClN2OS/c1-2-7-16(9-11-5-6-12(14)18-11)13(17)8-15-10-3-4-10/h2,5-6,10,15H,1,3-4,7-9H2. The van der Waals surface area contributed by atoms with Gasteiger partial charge in [0.05, 0.1) is 17.4 Å². The molecule has 1 aliphatic rings. The van der Waals surface area contributed by atoms with Gasteiger partial charge in [-0.2, -0.15) is 0 Å². The predicted octanol–water partition coefficient (Wildman–Crippen LogP) is 2.67. The van der Waals surface area contributed by atoms with Crippen LogP contribution in [0.25, 0.3) is 0 Å². The number of thiophene rings is 1. The smallest absolute Gasteiger partial charge is 0.237 e. The summed E-state index contributed by atoms with van der Waals surface area (Å²) in [5.41, 5.74) is 0. The molecule has 18 heavy (non-hydrogen) atoms. The van der Waals surface area contributed by atoms with Gasteiger partial charge in [0.25, 0.3) is 0 Å². The van der Waals surface area contributed by atoms with Crippen molar-refractivity contribution < 1.29 is 4.79 Å². The Balaban J connectivity index is 1.88. The zero-order valence-electron chi connectivity index (χ0n) is 10.2. The molecule has 0 aromatic carbocycles. The Morgan fingerprint density at radius 3 is 2.94 bits per heavy atom. The van der Waals surface area contributed by atoms with Gasteiger partial charge in [-0.25, -0.2) is 0 Å². The summed E-state index contributed by atoms with van der Waals surface area (Å²) >= 11 is 7.41. The first kappa shape index (κ1) is 13.6. The summed E-state index contributed by atoms with van der Waals surface area (Å²) < 4.78 is 0.757. The van der Waals surface area contributed by atoms with Crippen LogP contribution in [-0.4, -0.2) is 29.9 Å². The zero-order valence-corrected chi connectivity index (χ0v) is 11.8. The van der Waals surface area contributed by atoms with E-state index in [1.54, 1.807) is 11.0 Å². The van der Waals surface area contributed by atoms with Crippen LogP contribution in [-0.2, 0) is 11.3 Å². The second kappa shape index (κ2) is 6.36. The molecule has 1 heterocycles. The number of amides is 1. The van der Waals surface area contributed by atoms with Crippen LogP contribution in [0.3, 0.4) is 0 Å². The van der Waals surface area contributed by atoms with Crippen LogP contribution >= 0.6 is 22.9 Å². The third kappa shape index (κ3) is 4.12. The van der Waals surface area contributed by atoms with Crippen molar-refractivity contribution in [1.29, 1.82) is 0 Å². The van der Waals surface area contributed by atoms with Crippen LogP contribution in [0.5, 0.6) is 0 Å². The number of hydrogen-bond acceptors (Lipinski definition) is 3. The minimum absolute atomic E-state index is 0.117. The van der Waals surface area contributed by atoms with E-state index in [4.69, 9.17) is 11.6 Å². The van der Waals surface area contributed by atoms with Crippen molar-refractivity contribution in [2.24, 2.45) is 0 Å². The highest BCUT2D eigenvalue weighted by Gasteiger charge is 2.22. The van der Waals surface area contributed by atoms with Crippen molar-refractivity contribution in [2.45, 2.75) is 25.4 Å². The highest BCUT2D eigenvalue weighted by Crippen LogP contribution is 2.23. The third-order valence-electron chi connectivity index (χ3n) is 2.80. The molecule has 1 aliphatic carbocycles. The van der Waals surface area contributed by atoms with Gasteiger partial charge in [-0.3, -0.25) is 4.79 Å². The van der Waals surface area contributed by atoms with Crippen molar-refractivity contribution in [1.82, 2.24) is 10.2 Å². The molecule has 0 radical (unpaired) electrons. The maximum absolute atomic E-state index is 12.1. The summed E-state index contributed by atoms with van der Waals surface area (Å²) in [5.74, 6) is 0.117. The van der Waals surface area contributed by atoms with Gasteiger partial charge in [0, 0.05) is 17.5 Å². The van der Waals surface area contributed by atoms with E-state index in [0.717, 1.165) is 9.21 Å². The van der Waals surface area contributed by atoms with Crippen molar-refractivity contribution in [3.05, 3.63) is 34.0 Å². The number of nitrogens with one attached hydrogen (secondary N) is 1. The summed E-state index contributed by atoms with van der Waals surface area (Å²) in [5, 5.41) is 3.24. The summed E-state index contributed by atoms with van der Waals surface area (Å²) in [6.07, 6.45) is 4.13. The average Bonchev–Trinajstić information content (AvgIpc) is 3.09. The molecule has 0 atom stereocenters. The highest BCUT2D eigenvalue weighted by atomic mass is 35.5. The van der Waals surface area contributed by atoms with Gasteiger partial charge in [0.15, 0.2) is 0 Å². The molecule has 2 rings (SSSR count). The lowest BCUT2D eigenvalue weighted by Crippen LogP contribution is -2.38. The lowest BCUT2D eigenvalue weighted by atomic mass is 10.3. The average molecular weight is 285 g/mol. The van der Waals surface area contributed by atoms with Gasteiger partial charge >= 0.3 is 0 Å². The quantitative estimate of drug-likeness (QED) is 0.781. The Morgan fingerprint density at radius 2 is 2.39 bits per heavy atom. The lowest BCUT2D eigenvalue weighted by molar-refractivity contribution is -0.130. The van der Waals surface area contributed by atoms with E-state index in [1.165, 1.54) is 24.2 Å². The highest BCUT2D eigenvalue weighted by molar-refractivity contribution is 7.16. The molecule has 0 aliphatic heterocycles. The van der Waals surface area contributed by atoms with Crippen LogP contribution in [0, 0.1) is 0 Å². The maximum Gasteiger partial charge on any atom is 0.237 e. The minimum Gasteiger partial charge on any atom is -0.333 e. The fourth-order valence-corrected chi connectivity index (χ4v) is 2.77. The molecule has 3 nitrogen and oxygen atoms in total. The number of halogens is 1. The van der Waals surface area contributed by atoms with Crippen molar-refractivity contribution in [2.75, 3.05) is 13.1 Å². The first-order valence-corrected chi connectivity index (χ1v) is 7.24. The molecule has 1 aromatic rings. The van der Waals surface area contributed by atoms with Crippen LogP contribution in [0.4, 0.5) is 0 Å². The van der Waals surface area contributed by atoms with Crippen LogP contribution in [0.15, 0.2) is 24.8 Å². The van der Waals surface area contributed by atoms with E-state index in [-0.39, 0.29) is 5.91 Å². The van der Waals surface area contributed by atoms with Gasteiger partial charge in [0.1, 0.15) is 0 Å². The van der Waals surface area contributed by atoms with Gasteiger partial charge < -0.3 is 10.2 Å². The van der Waals surface area contributed by atoms with E-state index in [2.05, 4.69) is 11.9 Å². The number of carbonyl (C=O) groups is 1. The molecule has 0 unspecified atom stereocenters. The molecular weight excluding hydrogens is 268 g/mol. The van der Waals surface area contributed by atoms with E-state index < -0.39 is 0 Å². The number of carbonyl (C=O) groups excluding carboxylic acids is 1. The topological polar surface area (TPSA) is 32.3 Å². The van der Waals surface area contributed by atoms with E-state index in [0.29, 0.717) is 25.7 Å². The molecule has 0 spiro atoms. The molecule has 0 saturated heterocycles. The normalized spacial score (nSPS) is 14.5. The van der Waals surface area contributed by atoms with Crippen molar-refractivity contribution in [3.8, 4) is 0 Å². The first-order chi connectivity index (χ1) is 8.69. The monoisotopic (exact) mass is 284 g/mol. The molecule has 1 saturated carbocycles. The third-order valence-corrected chi connectivity index (χ3v) is 4.01. The molecule has 1 fully saturated rings. The van der Waals surface area contributed by atoms with E-state index >= 15 is 0 Å². The summed E-state index contributed by atoms with van der Waals surface area (Å²) in [4.78, 5) is 15.0. The fourth-order valence-electron chi connectivity index (χ4n) is 1.67. The Morgan fingerprint density at radius 1 is 1.61 bits per heavy atom. The molecule has 5 heteroatoms. The number of nitrogens with zero attached hydrogens (tertiary/aromatic N) is 1. The predicted molar refractivity (Wildman–Crippen MR) is 76.0 cm³/mol. The van der Waals surface area contributed by atoms with Crippen molar-refractivity contribution in [3.63, 3.8) is 0 Å². The summed E-state index contributed by atoms with van der Waals surface area (Å²) in [6, 6.07) is 4.38. The Hall–Kier alpha value is -0.840. The van der Waals surface area contributed by atoms with Gasteiger partial charge in [-0.15, -0.1) is 17.9 Å². The fraction of sp³-hybridized carbons (Fsp3) is 0.462. The number of hydrogen-bond donors (Lipinski definition) is 1. The molecule has 0 bridgehead atoms. The zero-order chi connectivity index (χ0) is 13.0. The molecule has 1 amide bonds. The molecule has 1 aromatic heterocycles. The largest absolute Gasteiger partial charge is 0.333 e. The van der Waals surface area contributed by atoms with Crippen LogP contribution < -0.4 is 5.32 Å². The Labute approximate surface area is 116 Å². The van der Waals surface area contributed by atoms with Crippen LogP contribution in [0.1, 0.15) is 17.7 Å². The minimum atomic E-state index is 0.117. The second-order valence-corrected chi connectivity index (χ2v) is 6.22. The second-order valence-electron chi connectivity index (χ2n) is 4.42. The maximum atomic E-state index is 12.1. The lowest BCUT2D eigenvalue weighted by Gasteiger charge is -2.20. The number of rotatable bonds is 7. The molecule has 1 N–H and O–H groups in total. The van der Waals surface area contributed by atoms with Gasteiger partial charge in [-0.05, 0) is 25.0 Å². The Kier molecular flexibility index (Phi) is 4.80. The SMILES string of the molecule is C=CCN(Cc1ccc(Cl)s1)C(=O)CNC1CC1. The van der Waals surface area contributed by atoms with Crippen molar-refractivity contribution >= 4 is 28.8 Å².